The Morgan fingerprint density at radius 3 is 1.33 bits per heavy atom. The van der Waals surface area contributed by atoms with Crippen molar-refractivity contribution in [3.05, 3.63) is 144 Å². The van der Waals surface area contributed by atoms with Crippen molar-refractivity contribution in [2.45, 2.75) is 96.2 Å². The van der Waals surface area contributed by atoms with Gasteiger partial charge in [-0.15, -0.1) is 0 Å². The Bertz CT molecular complexity index is 1770. The highest BCUT2D eigenvalue weighted by atomic mass is 16.6. The number of fused-ring (bicyclic) bond motifs is 2. The Labute approximate surface area is 306 Å². The number of ketones is 1. The molecule has 8 atom stereocenters. The predicted octanol–water partition coefficient (Wildman–Crippen LogP) is 7.01. The smallest absolute Gasteiger partial charge is 0.320 e. The van der Waals surface area contributed by atoms with Crippen LogP contribution in [-0.2, 0) is 59.7 Å². The third kappa shape index (κ3) is 7.23. The summed E-state index contributed by atoms with van der Waals surface area (Å²) in [7, 11) is 0. The molecule has 3 aliphatic rings. The summed E-state index contributed by atoms with van der Waals surface area (Å²) in [5, 5.41) is 12.3. The zero-order chi connectivity index (χ0) is 36.1. The standard InChI is InChI=1S/C44H48O8/c1-43(2)34-23-24-44(43,35(45)25-34)42(47)52-41-38(49-27-31-17-9-4-10-18-31)36(46)37(48-26-30-15-7-3-8-16-30)39(50-28-32-19-11-5-12-20-32)40(41)51-29-33-21-13-6-14-22-33/h3-22,34,36-41,46H,23-29H2,1-2H3/t34-,36-,37-,38-,39+,40-,41-,44+/m1/s1. The molecular formula is C44H48O8. The molecule has 1 N–H and O–H groups in total. The number of aliphatic hydroxyl groups excluding tert-OH is 1. The van der Waals surface area contributed by atoms with Gasteiger partial charge in [0.25, 0.3) is 0 Å². The number of carbonyl (C=O) groups is 2. The Hall–Kier alpha value is -4.18. The van der Waals surface area contributed by atoms with E-state index in [-0.39, 0.29) is 38.1 Å². The van der Waals surface area contributed by atoms with Crippen LogP contribution >= 0.6 is 0 Å². The SMILES string of the molecule is CC1(C)[C@@H]2CC[C@@]1(C(=O)O[C@H]1[C@H](OCc3ccccc3)[C@@H](OCc3ccccc3)[C@H](OCc3ccccc3)[C@@H](O)[C@H]1OCc1ccccc1)C(=O)C2. The number of hydrogen-bond donors (Lipinski definition) is 1. The zero-order valence-corrected chi connectivity index (χ0v) is 29.8. The molecule has 0 radical (unpaired) electrons. The maximum absolute atomic E-state index is 14.6. The van der Waals surface area contributed by atoms with E-state index >= 15 is 0 Å². The van der Waals surface area contributed by atoms with Crippen LogP contribution in [0.4, 0.5) is 0 Å². The molecule has 0 saturated heterocycles. The average Bonchev–Trinajstić information content (AvgIpc) is 3.54. The van der Waals surface area contributed by atoms with Gasteiger partial charge in [-0.25, -0.2) is 0 Å². The summed E-state index contributed by atoms with van der Waals surface area (Å²) in [4.78, 5) is 28.3. The highest BCUT2D eigenvalue weighted by Gasteiger charge is 2.70. The number of esters is 1. The Morgan fingerprint density at radius 1 is 0.596 bits per heavy atom. The third-order valence-electron chi connectivity index (χ3n) is 11.6. The van der Waals surface area contributed by atoms with E-state index in [1.807, 2.05) is 135 Å². The lowest BCUT2D eigenvalue weighted by atomic mass is 9.69. The Kier molecular flexibility index (Phi) is 11.0. The fraction of sp³-hybridized carbons (Fsp3) is 0.409. The summed E-state index contributed by atoms with van der Waals surface area (Å²) in [6.07, 6.45) is -4.69. The first kappa shape index (κ1) is 36.2. The van der Waals surface area contributed by atoms with Crippen LogP contribution in [-0.4, -0.2) is 53.5 Å². The minimum absolute atomic E-state index is 0.0837. The van der Waals surface area contributed by atoms with Gasteiger partial charge in [-0.2, -0.15) is 0 Å². The van der Waals surface area contributed by atoms with Crippen molar-refractivity contribution >= 4 is 11.8 Å². The van der Waals surface area contributed by atoms with Crippen molar-refractivity contribution in [2.75, 3.05) is 0 Å². The second-order valence-electron chi connectivity index (χ2n) is 14.9. The maximum Gasteiger partial charge on any atom is 0.320 e. The molecule has 0 unspecified atom stereocenters. The molecule has 3 saturated carbocycles. The van der Waals surface area contributed by atoms with Crippen molar-refractivity contribution in [1.29, 1.82) is 0 Å². The van der Waals surface area contributed by atoms with E-state index < -0.39 is 53.4 Å². The van der Waals surface area contributed by atoms with E-state index in [9.17, 15) is 14.7 Å². The number of rotatable bonds is 14. The van der Waals surface area contributed by atoms with Crippen LogP contribution in [0.2, 0.25) is 0 Å². The van der Waals surface area contributed by atoms with Crippen LogP contribution in [0.1, 0.15) is 55.4 Å². The van der Waals surface area contributed by atoms with Crippen molar-refractivity contribution in [3.63, 3.8) is 0 Å². The van der Waals surface area contributed by atoms with Gasteiger partial charge in [0.2, 0.25) is 0 Å². The fourth-order valence-corrected chi connectivity index (χ4v) is 8.48. The zero-order valence-electron chi connectivity index (χ0n) is 29.8. The molecule has 8 nitrogen and oxygen atoms in total. The lowest BCUT2D eigenvalue weighted by Gasteiger charge is -2.48. The lowest BCUT2D eigenvalue weighted by Crippen LogP contribution is -2.67. The largest absolute Gasteiger partial charge is 0.456 e. The molecule has 8 heteroatoms. The van der Waals surface area contributed by atoms with E-state index in [2.05, 4.69) is 0 Å². The van der Waals surface area contributed by atoms with Gasteiger partial charge in [0.1, 0.15) is 35.9 Å². The molecule has 0 aliphatic heterocycles. The summed E-state index contributed by atoms with van der Waals surface area (Å²) in [5.74, 6) is -0.566. The third-order valence-corrected chi connectivity index (χ3v) is 11.6. The second kappa shape index (κ2) is 15.8. The second-order valence-corrected chi connectivity index (χ2v) is 14.9. The number of hydrogen-bond acceptors (Lipinski definition) is 8. The van der Waals surface area contributed by atoms with Gasteiger partial charge < -0.3 is 28.8 Å². The molecule has 3 aliphatic carbocycles. The lowest BCUT2D eigenvalue weighted by molar-refractivity contribution is -0.279. The molecule has 0 amide bonds. The van der Waals surface area contributed by atoms with Crippen molar-refractivity contribution in [2.24, 2.45) is 16.7 Å². The molecule has 0 spiro atoms. The molecule has 3 fully saturated rings. The van der Waals surface area contributed by atoms with Crippen LogP contribution in [0.25, 0.3) is 0 Å². The summed E-state index contributed by atoms with van der Waals surface area (Å²) in [6.45, 7) is 4.71. The molecule has 0 heterocycles. The Morgan fingerprint density at radius 2 is 0.962 bits per heavy atom. The first-order valence-corrected chi connectivity index (χ1v) is 18.3. The molecule has 7 rings (SSSR count). The van der Waals surface area contributed by atoms with E-state index in [0.29, 0.717) is 12.8 Å². The van der Waals surface area contributed by atoms with E-state index in [4.69, 9.17) is 23.7 Å². The van der Waals surface area contributed by atoms with Gasteiger partial charge in [-0.1, -0.05) is 135 Å². The first-order valence-electron chi connectivity index (χ1n) is 18.3. The fourth-order valence-electron chi connectivity index (χ4n) is 8.48. The number of carbonyl (C=O) groups excluding carboxylic acids is 2. The number of aliphatic hydroxyl groups is 1. The highest BCUT2D eigenvalue weighted by molar-refractivity contribution is 6.07. The highest BCUT2D eigenvalue weighted by Crippen LogP contribution is 2.64. The predicted molar refractivity (Wildman–Crippen MR) is 195 cm³/mol. The van der Waals surface area contributed by atoms with Crippen molar-refractivity contribution in [1.82, 2.24) is 0 Å². The average molecular weight is 705 g/mol. The normalized spacial score (nSPS) is 29.2. The number of Topliss-reactive ketones (excluding diaryl/α,β-unsaturated/α-hetero) is 1. The summed E-state index contributed by atoms with van der Waals surface area (Å²) >= 11 is 0. The van der Waals surface area contributed by atoms with Gasteiger partial charge >= 0.3 is 5.97 Å². The van der Waals surface area contributed by atoms with E-state index in [0.717, 1.165) is 28.7 Å². The molecule has 0 aromatic heterocycles. The minimum atomic E-state index is -1.29. The van der Waals surface area contributed by atoms with Crippen LogP contribution < -0.4 is 0 Å². The quantitative estimate of drug-likeness (QED) is 0.111. The van der Waals surface area contributed by atoms with Gasteiger partial charge in [-0.05, 0) is 46.4 Å². The maximum atomic E-state index is 14.6. The molecular weight excluding hydrogens is 656 g/mol. The first-order chi connectivity index (χ1) is 25.3. The summed E-state index contributed by atoms with van der Waals surface area (Å²) in [5.41, 5.74) is 1.79. The number of benzene rings is 4. The van der Waals surface area contributed by atoms with E-state index in [1.165, 1.54) is 0 Å². The molecule has 4 aromatic carbocycles. The monoisotopic (exact) mass is 704 g/mol. The molecule has 272 valence electrons. The topological polar surface area (TPSA) is 101 Å². The van der Waals surface area contributed by atoms with Crippen LogP contribution in [0.5, 0.6) is 0 Å². The van der Waals surface area contributed by atoms with Crippen molar-refractivity contribution in [3.8, 4) is 0 Å². The van der Waals surface area contributed by atoms with Crippen LogP contribution in [0, 0.1) is 16.7 Å². The van der Waals surface area contributed by atoms with Gasteiger partial charge in [0.15, 0.2) is 11.9 Å². The number of ether oxygens (including phenoxy) is 5. The minimum Gasteiger partial charge on any atom is -0.456 e. The van der Waals surface area contributed by atoms with Crippen molar-refractivity contribution < 1.29 is 38.4 Å². The van der Waals surface area contributed by atoms with Crippen LogP contribution in [0.3, 0.4) is 0 Å². The summed E-state index contributed by atoms with van der Waals surface area (Å²) < 4.78 is 33.1. The van der Waals surface area contributed by atoms with Gasteiger partial charge in [-0.3, -0.25) is 9.59 Å². The summed E-state index contributed by atoms with van der Waals surface area (Å²) in [6, 6.07) is 38.8. The molecule has 2 bridgehead atoms. The van der Waals surface area contributed by atoms with Gasteiger partial charge in [0.05, 0.1) is 26.4 Å². The Balaban J connectivity index is 1.28. The van der Waals surface area contributed by atoms with E-state index in [1.54, 1.807) is 0 Å². The molecule has 4 aromatic rings. The van der Waals surface area contributed by atoms with Crippen LogP contribution in [0.15, 0.2) is 121 Å². The molecule has 52 heavy (non-hydrogen) atoms. The van der Waals surface area contributed by atoms with Gasteiger partial charge in [0, 0.05) is 6.42 Å².